The van der Waals surface area contributed by atoms with Gasteiger partial charge in [-0.25, -0.2) is 29.9 Å². The lowest BCUT2D eigenvalue weighted by atomic mass is 9.96. The van der Waals surface area contributed by atoms with Gasteiger partial charge in [-0.3, -0.25) is 0 Å². The van der Waals surface area contributed by atoms with Crippen LogP contribution in [-0.4, -0.2) is 39.0 Å². The summed E-state index contributed by atoms with van der Waals surface area (Å²) in [6.45, 7) is 0. The van der Waals surface area contributed by atoms with Crippen molar-refractivity contribution >= 4 is 107 Å². The van der Waals surface area contributed by atoms with Gasteiger partial charge >= 0.3 is 0 Å². The molecule has 0 radical (unpaired) electrons. The second kappa shape index (κ2) is 29.6. The summed E-state index contributed by atoms with van der Waals surface area (Å²) in [6, 6.07) is 146. The molecule has 10 heteroatoms. The van der Waals surface area contributed by atoms with Gasteiger partial charge in [-0.1, -0.05) is 328 Å². The van der Waals surface area contributed by atoms with Crippen LogP contribution in [0.2, 0.25) is 0 Å². The molecule has 0 amide bonds. The fraction of sp³-hybridized carbons (Fsp3) is 0. The fourth-order valence-corrected chi connectivity index (χ4v) is 19.5. The van der Waals surface area contributed by atoms with Crippen molar-refractivity contribution in [3.05, 3.63) is 413 Å². The number of hydrogen-bond donors (Lipinski definition) is 0. The normalized spacial score (nSPS) is 11.6. The molecule has 23 aromatic rings. The molecule has 6 aromatic heterocycles. The summed E-state index contributed by atoms with van der Waals surface area (Å²) in [5.41, 5.74) is 23.8. The first-order valence-electron chi connectivity index (χ1n) is 39.6. The highest BCUT2D eigenvalue weighted by molar-refractivity contribution is 7.27. The highest BCUT2D eigenvalue weighted by atomic mass is 32.1. The topological polar surface area (TPSA) is 87.2 Å². The molecule has 23 rings (SSSR count). The fourth-order valence-electron chi connectivity index (χ4n) is 16.9. The number of aromatic nitrogens is 8. The average Bonchev–Trinajstić information content (AvgIpc) is 1.53. The van der Waals surface area contributed by atoms with Crippen LogP contribution in [-0.2, 0) is 0 Å². The smallest absolute Gasteiger partial charge is 0.166 e. The van der Waals surface area contributed by atoms with Crippen LogP contribution >= 0.6 is 22.7 Å². The predicted molar refractivity (Wildman–Crippen MR) is 494 cm³/mol. The molecule has 0 atom stereocenters. The van der Waals surface area contributed by atoms with Crippen molar-refractivity contribution in [2.75, 3.05) is 0 Å². The van der Waals surface area contributed by atoms with Crippen molar-refractivity contribution in [2.45, 2.75) is 0 Å². The number of rotatable bonds is 13. The summed E-state index contributed by atoms with van der Waals surface area (Å²) in [5, 5.41) is 9.94. The van der Waals surface area contributed by atoms with E-state index in [1.54, 1.807) is 0 Å². The van der Waals surface area contributed by atoms with Gasteiger partial charge in [0.15, 0.2) is 34.9 Å². The zero-order valence-electron chi connectivity index (χ0n) is 63.7. The molecular formula is C108H68N8S2. The Balaban J connectivity index is 0.000000143. The van der Waals surface area contributed by atoms with Crippen LogP contribution in [0.1, 0.15) is 0 Å². The van der Waals surface area contributed by atoms with Crippen molar-refractivity contribution in [3.8, 4) is 135 Å². The van der Waals surface area contributed by atoms with Crippen LogP contribution in [0.15, 0.2) is 413 Å². The molecule has 552 valence electrons. The number of nitrogens with zero attached hydrogens (tertiary/aromatic N) is 8. The molecule has 0 bridgehead atoms. The van der Waals surface area contributed by atoms with E-state index in [1.807, 2.05) is 65.1 Å². The molecule has 118 heavy (non-hydrogen) atoms. The third kappa shape index (κ3) is 12.6. The molecule has 0 saturated carbocycles. The van der Waals surface area contributed by atoms with Crippen molar-refractivity contribution in [1.82, 2.24) is 39.0 Å². The Morgan fingerprint density at radius 1 is 0.161 bits per heavy atom. The van der Waals surface area contributed by atoms with Gasteiger partial charge in [-0.05, 0) is 141 Å². The Hall–Kier alpha value is -15.2. The van der Waals surface area contributed by atoms with Crippen molar-refractivity contribution in [3.63, 3.8) is 0 Å². The molecule has 6 heterocycles. The molecule has 0 unspecified atom stereocenters. The molecule has 0 aliphatic heterocycles. The molecule has 0 aliphatic carbocycles. The van der Waals surface area contributed by atoms with Crippen LogP contribution < -0.4 is 0 Å². The quantitative estimate of drug-likeness (QED) is 0.114. The van der Waals surface area contributed by atoms with E-state index in [2.05, 4.69) is 379 Å². The van der Waals surface area contributed by atoms with Crippen LogP contribution in [0.3, 0.4) is 0 Å². The lowest BCUT2D eigenvalue weighted by molar-refractivity contribution is 1.06. The zero-order valence-corrected chi connectivity index (χ0v) is 65.3. The van der Waals surface area contributed by atoms with Gasteiger partial charge in [0.25, 0.3) is 0 Å². The standard InChI is InChI=1S/C57H36N4S.C51H32N4S/c1-5-18-37(19-6-1)41-32-42(38-20-7-2-8-21-38)34-43(33-41)56-58-55(40-24-11-4-12-25-40)59-57(60-56)47-27-14-16-31-51(47)61-50-30-15-13-26-45(50)48-35-49-46-29-17-28-44(39-22-9-3-10-23-39)54(46)62-53(49)36-52(48)61;1-4-16-33(17-5-1)36-22-14-23-37(30-36)50-52-49(35-20-8-3-9-21-35)53-51(54-50)41-25-11-13-29-45(41)55-44-28-12-10-24-39(44)42-31-43-40-27-15-26-38(34-18-6-2-7-19-34)48(40)56-47(43)32-46(42)55/h1-36H;1-32H. The molecular weight excluding hydrogens is 1470 g/mol. The molecule has 8 nitrogen and oxygen atoms in total. The van der Waals surface area contributed by atoms with Gasteiger partial charge in [0.05, 0.1) is 33.4 Å². The number of hydrogen-bond acceptors (Lipinski definition) is 8. The second-order valence-electron chi connectivity index (χ2n) is 29.6. The minimum atomic E-state index is 0.609. The van der Waals surface area contributed by atoms with E-state index in [4.69, 9.17) is 29.9 Å². The van der Waals surface area contributed by atoms with E-state index in [9.17, 15) is 0 Å². The summed E-state index contributed by atoms with van der Waals surface area (Å²) < 4.78 is 9.90. The maximum atomic E-state index is 5.38. The Morgan fingerprint density at radius 3 is 0.881 bits per heavy atom. The first-order valence-corrected chi connectivity index (χ1v) is 41.3. The average molecular weight is 1540 g/mol. The minimum absolute atomic E-state index is 0.609. The maximum absolute atomic E-state index is 5.38. The van der Waals surface area contributed by atoms with Gasteiger partial charge in [0, 0.05) is 95.3 Å². The Morgan fingerprint density at radius 2 is 0.449 bits per heavy atom. The van der Waals surface area contributed by atoms with Gasteiger partial charge in [-0.15, -0.1) is 22.7 Å². The molecule has 0 aliphatic rings. The van der Waals surface area contributed by atoms with E-state index < -0.39 is 0 Å². The van der Waals surface area contributed by atoms with Crippen molar-refractivity contribution in [1.29, 1.82) is 0 Å². The third-order valence-electron chi connectivity index (χ3n) is 22.5. The Kier molecular flexibility index (Phi) is 17.5. The number of para-hydroxylation sites is 4. The highest BCUT2D eigenvalue weighted by Crippen LogP contribution is 2.48. The van der Waals surface area contributed by atoms with Crippen LogP contribution in [0.5, 0.6) is 0 Å². The van der Waals surface area contributed by atoms with E-state index in [0.29, 0.717) is 34.9 Å². The third-order valence-corrected chi connectivity index (χ3v) is 24.9. The summed E-state index contributed by atoms with van der Waals surface area (Å²) in [6.07, 6.45) is 0. The van der Waals surface area contributed by atoms with Crippen LogP contribution in [0.4, 0.5) is 0 Å². The van der Waals surface area contributed by atoms with Gasteiger partial charge in [0.2, 0.25) is 0 Å². The van der Waals surface area contributed by atoms with Crippen LogP contribution in [0.25, 0.3) is 219 Å². The maximum Gasteiger partial charge on any atom is 0.166 e. The summed E-state index contributed by atoms with van der Waals surface area (Å²) in [4.78, 5) is 31.4. The molecule has 0 N–H and O–H groups in total. The van der Waals surface area contributed by atoms with Gasteiger partial charge < -0.3 is 9.13 Å². The number of thiophene rings is 2. The molecule has 17 aromatic carbocycles. The van der Waals surface area contributed by atoms with E-state index in [-0.39, 0.29) is 0 Å². The summed E-state index contributed by atoms with van der Waals surface area (Å²) in [7, 11) is 0. The van der Waals surface area contributed by atoms with Crippen molar-refractivity contribution in [2.24, 2.45) is 0 Å². The zero-order chi connectivity index (χ0) is 78.0. The lowest BCUT2D eigenvalue weighted by Gasteiger charge is -2.15. The second-order valence-corrected chi connectivity index (χ2v) is 31.7. The summed E-state index contributed by atoms with van der Waals surface area (Å²) in [5.74, 6) is 3.73. The SMILES string of the molecule is c1ccc(-c2cc(-c3ccccc3)cc(-c3nc(-c4ccccc4)nc(-c4ccccc4-n4c5ccccc5c5cc6c(cc54)sc4c(-c5ccccc5)cccc46)n3)c2)cc1.c1ccc(-c2cccc(-c3nc(-c4ccccc4)nc(-c4ccccc4-n4c5ccccc5c5cc6c(cc54)sc4c(-c5ccccc5)cccc46)n3)c2)cc1. The first kappa shape index (κ1) is 69.5. The van der Waals surface area contributed by atoms with Crippen LogP contribution in [0, 0.1) is 0 Å². The lowest BCUT2D eigenvalue weighted by Crippen LogP contribution is -2.03. The van der Waals surface area contributed by atoms with Gasteiger partial charge in [0.1, 0.15) is 0 Å². The number of benzene rings is 17. The first-order chi connectivity index (χ1) is 58.5. The van der Waals surface area contributed by atoms with Gasteiger partial charge in [-0.2, -0.15) is 0 Å². The Labute approximate surface area is 688 Å². The summed E-state index contributed by atoms with van der Waals surface area (Å²) >= 11 is 3.73. The van der Waals surface area contributed by atoms with Crippen molar-refractivity contribution < 1.29 is 0 Å². The largest absolute Gasteiger partial charge is 0.308 e. The monoisotopic (exact) mass is 1540 g/mol. The minimum Gasteiger partial charge on any atom is -0.308 e. The predicted octanol–water partition coefficient (Wildman–Crippen LogP) is 29.0. The Bertz CT molecular complexity index is 7720. The molecule has 0 saturated heterocycles. The molecule has 0 spiro atoms. The highest BCUT2D eigenvalue weighted by Gasteiger charge is 2.25. The van der Waals surface area contributed by atoms with E-state index >= 15 is 0 Å². The molecule has 0 fully saturated rings. The van der Waals surface area contributed by atoms with E-state index in [1.165, 1.54) is 84.1 Å². The van der Waals surface area contributed by atoms with E-state index in [0.717, 1.165) is 100 Å². The number of fused-ring (bicyclic) bond motifs is 12.